The van der Waals surface area contributed by atoms with Crippen LogP contribution in [0.5, 0.6) is 0 Å². The van der Waals surface area contributed by atoms with Crippen LogP contribution in [0, 0.1) is 5.92 Å². The normalized spacial score (nSPS) is 31.5. The van der Waals surface area contributed by atoms with Gasteiger partial charge in [0.15, 0.2) is 5.17 Å². The lowest BCUT2D eigenvalue weighted by Gasteiger charge is -2.37. The Morgan fingerprint density at radius 2 is 1.92 bits per heavy atom. The number of amides is 1. The lowest BCUT2D eigenvalue weighted by Crippen LogP contribution is -2.35. The molecule has 1 heterocycles. The number of hydrogen-bond acceptors (Lipinski definition) is 3. The van der Waals surface area contributed by atoms with E-state index in [0.717, 1.165) is 30.9 Å². The third kappa shape index (κ3) is 4.28. The van der Waals surface area contributed by atoms with Crippen LogP contribution < -0.4 is 5.32 Å². The fourth-order valence-corrected chi connectivity index (χ4v) is 5.27. The number of nitrogens with one attached hydrogen (secondary N) is 1. The van der Waals surface area contributed by atoms with Gasteiger partial charge in [0.1, 0.15) is 0 Å². The van der Waals surface area contributed by atoms with Crippen LogP contribution in [0.1, 0.15) is 70.8 Å². The van der Waals surface area contributed by atoms with Gasteiger partial charge in [-0.2, -0.15) is 0 Å². The molecule has 136 valence electrons. The molecule has 1 aliphatic carbocycles. The highest BCUT2D eigenvalue weighted by atomic mass is 32.2. The first-order chi connectivity index (χ1) is 12.0. The third-order valence-corrected chi connectivity index (χ3v) is 7.00. The molecule has 3 rings (SSSR count). The Balaban J connectivity index is 1.71. The van der Waals surface area contributed by atoms with Crippen molar-refractivity contribution in [2.45, 2.75) is 76.0 Å². The first-order valence-electron chi connectivity index (χ1n) is 9.65. The van der Waals surface area contributed by atoms with Crippen LogP contribution in [0.25, 0.3) is 0 Å². The van der Waals surface area contributed by atoms with E-state index >= 15 is 0 Å². The molecule has 0 spiro atoms. The molecule has 2 aliphatic rings. The van der Waals surface area contributed by atoms with Crippen molar-refractivity contribution >= 4 is 22.8 Å². The molecule has 1 aromatic carbocycles. The fraction of sp³-hybridized carbons (Fsp3) is 0.619. The Morgan fingerprint density at radius 1 is 1.24 bits per heavy atom. The fourth-order valence-electron chi connectivity index (χ4n) is 4.19. The highest BCUT2D eigenvalue weighted by Gasteiger charge is 2.38. The number of carbonyl (C=O) groups excluding carboxylic acids is 1. The molecule has 1 saturated carbocycles. The minimum Gasteiger partial charge on any atom is -0.304 e. The van der Waals surface area contributed by atoms with Crippen LogP contribution >= 0.6 is 11.8 Å². The summed E-state index contributed by atoms with van der Waals surface area (Å²) in [7, 11) is 0. The summed E-state index contributed by atoms with van der Waals surface area (Å²) < 4.78 is 0. The quantitative estimate of drug-likeness (QED) is 0.793. The van der Waals surface area contributed by atoms with E-state index in [9.17, 15) is 4.79 Å². The molecule has 3 nitrogen and oxygen atoms in total. The first kappa shape index (κ1) is 18.5. The van der Waals surface area contributed by atoms with Crippen molar-refractivity contribution in [3.8, 4) is 0 Å². The number of aliphatic imine (C=N–C) groups is 1. The van der Waals surface area contributed by atoms with E-state index in [1.54, 1.807) is 11.8 Å². The van der Waals surface area contributed by atoms with Gasteiger partial charge in [0, 0.05) is 0 Å². The summed E-state index contributed by atoms with van der Waals surface area (Å²) in [6, 6.07) is 10.9. The standard InChI is InChI=1S/C21H30N2OS/c1-4-12-21(23-20-22-19(24)18(25-20)15(2)3)13-10-17(11-14-21)16-8-6-5-7-9-16/h5-9,15,17-18H,4,10-14H2,1-3H3,(H,22,23,24)/t17?,18-,21?/m0/s1. The van der Waals surface area contributed by atoms with Crippen molar-refractivity contribution in [3.05, 3.63) is 35.9 Å². The zero-order valence-corrected chi connectivity index (χ0v) is 16.4. The van der Waals surface area contributed by atoms with Gasteiger partial charge in [-0.15, -0.1) is 0 Å². The number of rotatable bonds is 5. The molecule has 1 aromatic rings. The second kappa shape index (κ2) is 7.94. The number of nitrogens with zero attached hydrogens (tertiary/aromatic N) is 1. The highest BCUT2D eigenvalue weighted by molar-refractivity contribution is 8.15. The van der Waals surface area contributed by atoms with Crippen LogP contribution in [0.15, 0.2) is 35.3 Å². The topological polar surface area (TPSA) is 41.5 Å². The van der Waals surface area contributed by atoms with Gasteiger partial charge in [-0.25, -0.2) is 0 Å². The van der Waals surface area contributed by atoms with Gasteiger partial charge >= 0.3 is 0 Å². The Morgan fingerprint density at radius 3 is 2.48 bits per heavy atom. The maximum Gasteiger partial charge on any atom is 0.239 e. The summed E-state index contributed by atoms with van der Waals surface area (Å²) in [5.74, 6) is 1.12. The van der Waals surface area contributed by atoms with Crippen molar-refractivity contribution in [2.24, 2.45) is 10.9 Å². The minimum atomic E-state index is 0.0121. The maximum absolute atomic E-state index is 12.2. The zero-order chi connectivity index (χ0) is 17.9. The van der Waals surface area contributed by atoms with Crippen molar-refractivity contribution in [3.63, 3.8) is 0 Å². The summed E-state index contributed by atoms with van der Waals surface area (Å²) in [4.78, 5) is 17.3. The Bertz CT molecular complexity index is 618. The summed E-state index contributed by atoms with van der Waals surface area (Å²) in [6.45, 7) is 6.45. The Kier molecular flexibility index (Phi) is 5.88. The minimum absolute atomic E-state index is 0.0121. The van der Waals surface area contributed by atoms with Crippen LogP contribution in [0.4, 0.5) is 0 Å². The summed E-state index contributed by atoms with van der Waals surface area (Å²) >= 11 is 1.63. The van der Waals surface area contributed by atoms with Gasteiger partial charge in [0.2, 0.25) is 5.91 Å². The van der Waals surface area contributed by atoms with Gasteiger partial charge < -0.3 is 5.32 Å². The van der Waals surface area contributed by atoms with E-state index in [1.165, 1.54) is 18.4 Å². The molecule has 1 saturated heterocycles. The Labute approximate surface area is 156 Å². The SMILES string of the molecule is CCCC1(N=C2NC(=O)[C@H](C(C)C)S2)CCC(c2ccccc2)CC1. The second-order valence-electron chi connectivity index (χ2n) is 7.85. The van der Waals surface area contributed by atoms with Gasteiger partial charge in [-0.1, -0.05) is 69.3 Å². The lowest BCUT2D eigenvalue weighted by atomic mass is 9.72. The lowest BCUT2D eigenvalue weighted by molar-refractivity contribution is -0.119. The molecule has 0 unspecified atom stereocenters. The predicted molar refractivity (Wildman–Crippen MR) is 107 cm³/mol. The average Bonchev–Trinajstić information content (AvgIpc) is 2.97. The molecule has 1 atom stereocenters. The number of carbonyl (C=O) groups is 1. The third-order valence-electron chi connectivity index (χ3n) is 5.57. The smallest absolute Gasteiger partial charge is 0.239 e. The van der Waals surface area contributed by atoms with Gasteiger partial charge in [-0.05, 0) is 49.5 Å². The number of benzene rings is 1. The molecule has 0 aromatic heterocycles. The molecular formula is C21H30N2OS. The van der Waals surface area contributed by atoms with Crippen molar-refractivity contribution in [2.75, 3.05) is 0 Å². The average molecular weight is 359 g/mol. The van der Waals surface area contributed by atoms with E-state index in [4.69, 9.17) is 4.99 Å². The van der Waals surface area contributed by atoms with Gasteiger partial charge in [0.05, 0.1) is 10.8 Å². The van der Waals surface area contributed by atoms with Crippen LogP contribution in [-0.4, -0.2) is 21.9 Å². The number of hydrogen-bond donors (Lipinski definition) is 1. The number of amidine groups is 1. The van der Waals surface area contributed by atoms with Crippen LogP contribution in [-0.2, 0) is 4.79 Å². The maximum atomic E-state index is 12.2. The van der Waals surface area contributed by atoms with Crippen molar-refractivity contribution in [1.29, 1.82) is 0 Å². The van der Waals surface area contributed by atoms with E-state index in [-0.39, 0.29) is 16.7 Å². The molecule has 0 radical (unpaired) electrons. The molecule has 0 bridgehead atoms. The molecule has 2 fully saturated rings. The van der Waals surface area contributed by atoms with Crippen LogP contribution in [0.3, 0.4) is 0 Å². The molecular weight excluding hydrogens is 328 g/mol. The summed E-state index contributed by atoms with van der Waals surface area (Å²) in [6.07, 6.45) is 6.86. The van der Waals surface area contributed by atoms with Crippen LogP contribution in [0.2, 0.25) is 0 Å². The molecule has 1 aliphatic heterocycles. The highest BCUT2D eigenvalue weighted by Crippen LogP contribution is 2.43. The van der Waals surface area contributed by atoms with E-state index < -0.39 is 0 Å². The Hall–Kier alpha value is -1.29. The second-order valence-corrected chi connectivity index (χ2v) is 8.98. The molecule has 25 heavy (non-hydrogen) atoms. The molecule has 4 heteroatoms. The largest absolute Gasteiger partial charge is 0.304 e. The van der Waals surface area contributed by atoms with Crippen molar-refractivity contribution < 1.29 is 4.79 Å². The summed E-state index contributed by atoms with van der Waals surface area (Å²) in [5, 5.41) is 3.90. The van der Waals surface area contributed by atoms with Gasteiger partial charge in [-0.3, -0.25) is 9.79 Å². The zero-order valence-electron chi connectivity index (χ0n) is 15.6. The van der Waals surface area contributed by atoms with E-state index in [2.05, 4.69) is 56.4 Å². The monoisotopic (exact) mass is 358 g/mol. The summed E-state index contributed by atoms with van der Waals surface area (Å²) in [5.41, 5.74) is 1.48. The van der Waals surface area contributed by atoms with Gasteiger partial charge in [0.25, 0.3) is 0 Å². The molecule has 1 amide bonds. The number of thioether (sulfide) groups is 1. The van der Waals surface area contributed by atoms with E-state index in [0.29, 0.717) is 11.8 Å². The first-order valence-corrected chi connectivity index (χ1v) is 10.5. The predicted octanol–water partition coefficient (Wildman–Crippen LogP) is 5.13. The molecule has 1 N–H and O–H groups in total. The van der Waals surface area contributed by atoms with Crippen molar-refractivity contribution in [1.82, 2.24) is 5.32 Å². The van der Waals surface area contributed by atoms with E-state index in [1.807, 2.05) is 0 Å².